The van der Waals surface area contributed by atoms with E-state index in [1.807, 2.05) is 4.98 Å². The molecule has 1 aromatic heterocycles. The number of anilines is 1. The quantitative estimate of drug-likeness (QED) is 0.427. The van der Waals surface area contributed by atoms with Crippen molar-refractivity contribution < 1.29 is 39.2 Å². The Hall–Kier alpha value is -4.02. The van der Waals surface area contributed by atoms with E-state index in [2.05, 4.69) is 0 Å². The van der Waals surface area contributed by atoms with E-state index in [0.29, 0.717) is 0 Å². The van der Waals surface area contributed by atoms with Crippen LogP contribution in [0.4, 0.5) is 5.82 Å². The van der Waals surface area contributed by atoms with Crippen molar-refractivity contribution >= 4 is 23.7 Å². The van der Waals surface area contributed by atoms with Crippen LogP contribution in [0.1, 0.15) is 34.6 Å². The van der Waals surface area contributed by atoms with Gasteiger partial charge in [-0.15, -0.1) is 0 Å². The fourth-order valence-electron chi connectivity index (χ4n) is 2.61. The molecule has 0 bridgehead atoms. The van der Waals surface area contributed by atoms with Crippen LogP contribution in [-0.4, -0.2) is 50.9 Å². The number of pyridine rings is 1. The molecule has 6 N–H and O–H groups in total. The first-order chi connectivity index (χ1) is 13.6. The van der Waals surface area contributed by atoms with Crippen molar-refractivity contribution in [3.8, 4) is 22.6 Å². The number of carboxylic acid groups (broad SMARTS) is 3. The number of H-pyrrole nitrogens is 1. The molecule has 154 valence electrons. The second kappa shape index (κ2) is 8.33. The smallest absolute Gasteiger partial charge is 0.344 e. The molecule has 0 saturated carbocycles. The summed E-state index contributed by atoms with van der Waals surface area (Å²) in [5, 5.41) is 27.9. The van der Waals surface area contributed by atoms with Gasteiger partial charge in [-0.05, 0) is 31.5 Å². The highest BCUT2D eigenvalue weighted by Gasteiger charge is 2.27. The number of hydrogen-bond donors (Lipinski definition) is 5. The number of hydrogen-bond acceptors (Lipinski definition) is 7. The Labute approximate surface area is 163 Å². The highest BCUT2D eigenvalue weighted by Crippen LogP contribution is 2.36. The van der Waals surface area contributed by atoms with E-state index in [-0.39, 0.29) is 23.7 Å². The van der Waals surface area contributed by atoms with Gasteiger partial charge >= 0.3 is 17.9 Å². The monoisotopic (exact) mass is 406 g/mol. The molecule has 0 amide bonds. The van der Waals surface area contributed by atoms with E-state index in [0.717, 1.165) is 0 Å². The lowest BCUT2D eigenvalue weighted by molar-refractivity contribution is -0.144. The fraction of sp³-hybridized carbons (Fsp3) is 0.222. The third-order valence-electron chi connectivity index (χ3n) is 3.86. The molecule has 0 saturated heterocycles. The lowest BCUT2D eigenvalue weighted by Crippen LogP contribution is -2.24. The van der Waals surface area contributed by atoms with Gasteiger partial charge < -0.3 is 35.5 Å². The number of nitrogens with one attached hydrogen (secondary N) is 1. The molecule has 2 rings (SSSR count). The Bertz CT molecular complexity index is 1040. The number of carbonyl (C=O) groups is 3. The number of aliphatic carboxylic acids is 1. The van der Waals surface area contributed by atoms with Gasteiger partial charge in [-0.1, -0.05) is 6.07 Å². The van der Waals surface area contributed by atoms with E-state index < -0.39 is 52.1 Å². The molecule has 11 heteroatoms. The van der Waals surface area contributed by atoms with Gasteiger partial charge in [0.25, 0.3) is 5.56 Å². The molecule has 11 nitrogen and oxygen atoms in total. The average molecular weight is 406 g/mol. The van der Waals surface area contributed by atoms with E-state index >= 15 is 0 Å². The number of rotatable bonds is 8. The van der Waals surface area contributed by atoms with Crippen molar-refractivity contribution in [3.05, 3.63) is 39.7 Å². The molecule has 0 radical (unpaired) electrons. The van der Waals surface area contributed by atoms with Crippen molar-refractivity contribution in [1.29, 1.82) is 0 Å². The summed E-state index contributed by atoms with van der Waals surface area (Å²) in [6.45, 7) is 3.10. The zero-order chi connectivity index (χ0) is 21.9. The zero-order valence-electron chi connectivity index (χ0n) is 15.4. The standard InChI is InChI=1S/C18H18N2O9/c1-3-28-10-6-8(4-5-9(10)29-7(2)16(22)23)11-12(17(24)25)14(19)20-15(21)13(11)18(26)27/h4-7H,3H2,1-2H3,(H,22,23)(H,24,25)(H,26,27)(H3,19,20,21). The summed E-state index contributed by atoms with van der Waals surface area (Å²) >= 11 is 0. The Kier molecular flexibility index (Phi) is 6.12. The highest BCUT2D eigenvalue weighted by molar-refractivity contribution is 6.07. The van der Waals surface area contributed by atoms with E-state index in [4.69, 9.17) is 20.3 Å². The van der Waals surface area contributed by atoms with Crippen molar-refractivity contribution in [2.45, 2.75) is 20.0 Å². The Morgan fingerprint density at radius 1 is 1.10 bits per heavy atom. The summed E-state index contributed by atoms with van der Waals surface area (Å²) in [6, 6.07) is 3.81. The van der Waals surface area contributed by atoms with Crippen molar-refractivity contribution in [1.82, 2.24) is 4.98 Å². The molecule has 1 atom stereocenters. The fourth-order valence-corrected chi connectivity index (χ4v) is 2.61. The predicted molar refractivity (Wildman–Crippen MR) is 99.7 cm³/mol. The SMILES string of the molecule is CCOc1cc(-c2c(C(=O)O)c(N)[nH]c(=O)c2C(=O)O)ccc1OC(C)C(=O)O. The molecule has 0 spiro atoms. The van der Waals surface area contributed by atoms with Crippen LogP contribution in [0.25, 0.3) is 11.1 Å². The van der Waals surface area contributed by atoms with E-state index in [9.17, 15) is 29.4 Å². The largest absolute Gasteiger partial charge is 0.490 e. The zero-order valence-corrected chi connectivity index (χ0v) is 15.4. The molecule has 0 aliphatic rings. The third-order valence-corrected chi connectivity index (χ3v) is 3.86. The molecule has 1 heterocycles. The van der Waals surface area contributed by atoms with Gasteiger partial charge in [-0.25, -0.2) is 14.4 Å². The van der Waals surface area contributed by atoms with Crippen molar-refractivity contribution in [2.75, 3.05) is 12.3 Å². The number of aromatic amines is 1. The molecule has 1 unspecified atom stereocenters. The van der Waals surface area contributed by atoms with Gasteiger partial charge in [0, 0.05) is 5.56 Å². The first-order valence-electron chi connectivity index (χ1n) is 8.27. The van der Waals surface area contributed by atoms with Gasteiger partial charge in [-0.2, -0.15) is 0 Å². The number of aromatic nitrogens is 1. The summed E-state index contributed by atoms with van der Waals surface area (Å²) in [5.41, 5.74) is 2.71. The van der Waals surface area contributed by atoms with Gasteiger partial charge in [0.2, 0.25) is 0 Å². The molecular formula is C18H18N2O9. The van der Waals surface area contributed by atoms with Crippen LogP contribution in [0.5, 0.6) is 11.5 Å². The van der Waals surface area contributed by atoms with Crippen LogP contribution in [0.3, 0.4) is 0 Å². The molecule has 1 aromatic carbocycles. The first kappa shape index (κ1) is 21.3. The number of ether oxygens (including phenoxy) is 2. The summed E-state index contributed by atoms with van der Waals surface area (Å²) in [5.74, 6) is -4.86. The summed E-state index contributed by atoms with van der Waals surface area (Å²) in [7, 11) is 0. The van der Waals surface area contributed by atoms with Gasteiger partial charge in [0.05, 0.1) is 6.61 Å². The predicted octanol–water partition coefficient (Wildman–Crippen LogP) is 1.27. The lowest BCUT2D eigenvalue weighted by atomic mass is 9.95. The molecule has 29 heavy (non-hydrogen) atoms. The van der Waals surface area contributed by atoms with Gasteiger partial charge in [0.15, 0.2) is 17.6 Å². The molecule has 0 aliphatic heterocycles. The van der Waals surface area contributed by atoms with E-state index in [1.54, 1.807) is 6.92 Å². The minimum absolute atomic E-state index is 0.0105. The lowest BCUT2D eigenvalue weighted by Gasteiger charge is -2.17. The number of carboxylic acids is 3. The van der Waals surface area contributed by atoms with Crippen LogP contribution >= 0.6 is 0 Å². The minimum atomic E-state index is -1.65. The molecule has 0 fully saturated rings. The maximum Gasteiger partial charge on any atom is 0.344 e. The molecular weight excluding hydrogens is 388 g/mol. The minimum Gasteiger partial charge on any atom is -0.490 e. The molecule has 0 aliphatic carbocycles. The van der Waals surface area contributed by atoms with Crippen LogP contribution < -0.4 is 20.8 Å². The average Bonchev–Trinajstić information content (AvgIpc) is 2.61. The second-order valence-electron chi connectivity index (χ2n) is 5.80. The number of aromatic carboxylic acids is 2. The maximum absolute atomic E-state index is 12.1. The van der Waals surface area contributed by atoms with Crippen molar-refractivity contribution in [2.24, 2.45) is 0 Å². The first-order valence-corrected chi connectivity index (χ1v) is 8.27. The van der Waals surface area contributed by atoms with Gasteiger partial charge in [-0.3, -0.25) is 4.79 Å². The highest BCUT2D eigenvalue weighted by atomic mass is 16.5. The second-order valence-corrected chi connectivity index (χ2v) is 5.80. The van der Waals surface area contributed by atoms with Gasteiger partial charge in [0.1, 0.15) is 16.9 Å². The summed E-state index contributed by atoms with van der Waals surface area (Å²) in [6.07, 6.45) is -1.21. The Balaban J connectivity index is 2.79. The maximum atomic E-state index is 12.1. The topological polar surface area (TPSA) is 189 Å². The number of nitrogens with two attached hydrogens (primary N) is 1. The van der Waals surface area contributed by atoms with E-state index in [1.165, 1.54) is 25.1 Å². The summed E-state index contributed by atoms with van der Waals surface area (Å²) < 4.78 is 10.7. The van der Waals surface area contributed by atoms with Crippen molar-refractivity contribution in [3.63, 3.8) is 0 Å². The normalized spacial score (nSPS) is 11.5. The van der Waals surface area contributed by atoms with Crippen LogP contribution in [0.2, 0.25) is 0 Å². The third kappa shape index (κ3) is 4.29. The Morgan fingerprint density at radius 3 is 2.24 bits per heavy atom. The number of benzene rings is 1. The van der Waals surface area contributed by atoms with Crippen LogP contribution in [0.15, 0.2) is 23.0 Å². The van der Waals surface area contributed by atoms with Crippen LogP contribution in [-0.2, 0) is 4.79 Å². The number of nitrogen functional groups attached to an aromatic ring is 1. The molecule has 2 aromatic rings. The summed E-state index contributed by atoms with van der Waals surface area (Å²) in [4.78, 5) is 48.5. The Morgan fingerprint density at radius 2 is 1.72 bits per heavy atom. The van der Waals surface area contributed by atoms with Crippen LogP contribution in [0, 0.1) is 0 Å².